The van der Waals surface area contributed by atoms with Gasteiger partial charge in [0.25, 0.3) is 0 Å². The molecule has 0 heterocycles. The fraction of sp³-hybridized carbons (Fsp3) is 0.600. The second-order valence-electron chi connectivity index (χ2n) is 1.24. The summed E-state index contributed by atoms with van der Waals surface area (Å²) in [5, 5.41) is 0. The summed E-state index contributed by atoms with van der Waals surface area (Å²) < 4.78 is 11.6. The minimum atomic E-state index is -0.907. The van der Waals surface area contributed by atoms with Crippen LogP contribution in [0.2, 0.25) is 0 Å². The maximum atomic E-state index is 11.6. The van der Waals surface area contributed by atoms with Crippen LogP contribution in [0.4, 0.5) is 4.39 Å². The van der Waals surface area contributed by atoms with Crippen molar-refractivity contribution in [3.8, 4) is 0 Å². The van der Waals surface area contributed by atoms with Crippen LogP contribution in [0.25, 0.3) is 0 Å². The normalized spacial score (nSPS) is 14.5. The zero-order valence-electron chi connectivity index (χ0n) is 3.95. The van der Waals surface area contributed by atoms with E-state index in [9.17, 15) is 4.39 Å². The van der Waals surface area contributed by atoms with Gasteiger partial charge in [0.1, 0.15) is 6.17 Å². The molecule has 0 aliphatic rings. The van der Waals surface area contributed by atoms with E-state index in [0.717, 1.165) is 0 Å². The Morgan fingerprint density at radius 3 is 2.50 bits per heavy atom. The second kappa shape index (κ2) is 3.13. The van der Waals surface area contributed by atoms with Gasteiger partial charge in [-0.15, -0.1) is 0 Å². The van der Waals surface area contributed by atoms with Crippen LogP contribution in [-0.4, -0.2) is 6.17 Å². The van der Waals surface area contributed by atoms with Crippen molar-refractivity contribution in [2.45, 2.75) is 19.5 Å². The molecule has 0 N–H and O–H groups in total. The van der Waals surface area contributed by atoms with E-state index in [-0.39, 0.29) is 0 Å². The van der Waals surface area contributed by atoms with E-state index in [0.29, 0.717) is 6.42 Å². The van der Waals surface area contributed by atoms with E-state index >= 15 is 0 Å². The van der Waals surface area contributed by atoms with Gasteiger partial charge in [0.05, 0.1) is 0 Å². The fourth-order valence-electron chi connectivity index (χ4n) is 0.256. The molecule has 0 nitrogen and oxygen atoms in total. The summed E-state index contributed by atoms with van der Waals surface area (Å²) in [5.74, 6) is 0. The number of alkyl halides is 1. The summed E-state index contributed by atoms with van der Waals surface area (Å²) in [5.41, 5.74) is 0. The van der Waals surface area contributed by atoms with Crippen molar-refractivity contribution in [3.05, 3.63) is 13.3 Å². The summed E-state index contributed by atoms with van der Waals surface area (Å²) in [7, 11) is 0. The van der Waals surface area contributed by atoms with Crippen LogP contribution in [0, 0.1) is 13.3 Å². The van der Waals surface area contributed by atoms with E-state index in [1.165, 1.54) is 0 Å². The predicted octanol–water partition coefficient (Wildman–Crippen LogP) is 1.77. The summed E-state index contributed by atoms with van der Waals surface area (Å²) in [4.78, 5) is 0. The lowest BCUT2D eigenvalue weighted by atomic mass is 10.2. The standard InChI is InChI=1S/C5H9F/c1-3-4-5(2)6/h3,5H,2,4H2,1H3. The lowest BCUT2D eigenvalue weighted by Crippen LogP contribution is -1.89. The Kier molecular flexibility index (Phi) is 3.10. The van der Waals surface area contributed by atoms with Crippen LogP contribution in [0.5, 0.6) is 0 Å². The van der Waals surface area contributed by atoms with Crippen LogP contribution in [0.1, 0.15) is 13.3 Å². The SMILES string of the molecule is [CH2]C(F)C[CH]C. The first kappa shape index (κ1) is 5.93. The molecular weight excluding hydrogens is 79.1 g/mol. The molecule has 0 aromatic heterocycles. The zero-order valence-corrected chi connectivity index (χ0v) is 3.95. The minimum Gasteiger partial charge on any atom is -0.247 e. The zero-order chi connectivity index (χ0) is 4.99. The molecule has 0 fully saturated rings. The highest BCUT2D eigenvalue weighted by Gasteiger charge is 1.91. The highest BCUT2D eigenvalue weighted by Crippen LogP contribution is 1.95. The molecule has 0 saturated carbocycles. The van der Waals surface area contributed by atoms with Crippen molar-refractivity contribution in [3.63, 3.8) is 0 Å². The van der Waals surface area contributed by atoms with Crippen molar-refractivity contribution < 1.29 is 4.39 Å². The molecule has 0 aliphatic heterocycles. The van der Waals surface area contributed by atoms with E-state index < -0.39 is 6.17 Å². The Balaban J connectivity index is 2.63. The minimum absolute atomic E-state index is 0.472. The molecule has 0 saturated heterocycles. The van der Waals surface area contributed by atoms with Gasteiger partial charge in [0, 0.05) is 0 Å². The van der Waals surface area contributed by atoms with Gasteiger partial charge in [-0.1, -0.05) is 6.92 Å². The first-order valence-corrected chi connectivity index (χ1v) is 2.02. The molecule has 0 amide bonds. The van der Waals surface area contributed by atoms with Gasteiger partial charge in [-0.25, -0.2) is 4.39 Å². The summed E-state index contributed by atoms with van der Waals surface area (Å²) in [6.45, 7) is 4.95. The third-order valence-corrected chi connectivity index (χ3v) is 0.491. The van der Waals surface area contributed by atoms with Gasteiger partial charge in [0.15, 0.2) is 0 Å². The van der Waals surface area contributed by atoms with E-state index in [2.05, 4.69) is 6.92 Å². The van der Waals surface area contributed by atoms with Crippen LogP contribution >= 0.6 is 0 Å². The summed E-state index contributed by atoms with van der Waals surface area (Å²) >= 11 is 0. The Bertz CT molecular complexity index is 25.1. The molecule has 1 heteroatoms. The number of hydrogen-bond donors (Lipinski definition) is 0. The Labute approximate surface area is 38.4 Å². The molecule has 0 bridgehead atoms. The predicted molar refractivity (Wildman–Crippen MR) is 24.8 cm³/mol. The number of halogens is 1. The Morgan fingerprint density at radius 1 is 2.00 bits per heavy atom. The molecule has 0 spiro atoms. The van der Waals surface area contributed by atoms with E-state index in [1.807, 2.05) is 6.92 Å². The monoisotopic (exact) mass is 88.1 g/mol. The van der Waals surface area contributed by atoms with Crippen molar-refractivity contribution in [1.82, 2.24) is 0 Å². The average Bonchev–Trinajstić information content (AvgIpc) is 1.35. The van der Waals surface area contributed by atoms with Gasteiger partial charge in [-0.3, -0.25) is 0 Å². The van der Waals surface area contributed by atoms with Gasteiger partial charge < -0.3 is 0 Å². The maximum absolute atomic E-state index is 11.6. The number of rotatable bonds is 2. The van der Waals surface area contributed by atoms with Crippen molar-refractivity contribution >= 4 is 0 Å². The first-order valence-electron chi connectivity index (χ1n) is 2.02. The van der Waals surface area contributed by atoms with Gasteiger partial charge in [-0.2, -0.15) is 0 Å². The highest BCUT2D eigenvalue weighted by atomic mass is 19.1. The quantitative estimate of drug-likeness (QED) is 0.482. The maximum Gasteiger partial charge on any atom is 0.100 e. The lowest BCUT2D eigenvalue weighted by molar-refractivity contribution is 0.393. The first-order chi connectivity index (χ1) is 2.77. The molecule has 1 unspecified atom stereocenters. The molecule has 36 valence electrons. The van der Waals surface area contributed by atoms with E-state index in [1.54, 1.807) is 6.42 Å². The van der Waals surface area contributed by atoms with Crippen LogP contribution in [0.15, 0.2) is 0 Å². The third-order valence-electron chi connectivity index (χ3n) is 0.491. The summed E-state index contributed by atoms with van der Waals surface area (Å²) in [6, 6.07) is 0. The summed E-state index contributed by atoms with van der Waals surface area (Å²) in [6.07, 6.45) is 1.33. The van der Waals surface area contributed by atoms with Crippen LogP contribution in [0.3, 0.4) is 0 Å². The lowest BCUT2D eigenvalue weighted by Gasteiger charge is -1.91. The molecular formula is C5H9F. The molecule has 6 heavy (non-hydrogen) atoms. The third kappa shape index (κ3) is 3.93. The second-order valence-corrected chi connectivity index (χ2v) is 1.24. The Morgan fingerprint density at radius 2 is 2.50 bits per heavy atom. The van der Waals surface area contributed by atoms with Gasteiger partial charge in [-0.05, 0) is 19.8 Å². The smallest absolute Gasteiger partial charge is 0.100 e. The van der Waals surface area contributed by atoms with Crippen LogP contribution in [-0.2, 0) is 0 Å². The topological polar surface area (TPSA) is 0 Å². The van der Waals surface area contributed by atoms with E-state index in [4.69, 9.17) is 0 Å². The van der Waals surface area contributed by atoms with Crippen LogP contribution < -0.4 is 0 Å². The fourth-order valence-corrected chi connectivity index (χ4v) is 0.256. The molecule has 0 aromatic rings. The molecule has 2 radical (unpaired) electrons. The number of hydrogen-bond acceptors (Lipinski definition) is 0. The molecule has 0 rings (SSSR count). The molecule has 0 aliphatic carbocycles. The Hall–Kier alpha value is -0.0700. The van der Waals surface area contributed by atoms with Crippen molar-refractivity contribution in [2.75, 3.05) is 0 Å². The molecule has 1 atom stereocenters. The van der Waals surface area contributed by atoms with Crippen molar-refractivity contribution in [2.24, 2.45) is 0 Å². The molecule has 0 aromatic carbocycles. The van der Waals surface area contributed by atoms with Crippen molar-refractivity contribution in [1.29, 1.82) is 0 Å². The largest absolute Gasteiger partial charge is 0.247 e. The highest BCUT2D eigenvalue weighted by molar-refractivity contribution is 4.65. The average molecular weight is 88.1 g/mol. The van der Waals surface area contributed by atoms with Gasteiger partial charge in [0.2, 0.25) is 0 Å². The van der Waals surface area contributed by atoms with Gasteiger partial charge >= 0.3 is 0 Å².